The number of piperidine rings is 1. The van der Waals surface area contributed by atoms with Crippen molar-refractivity contribution in [3.63, 3.8) is 0 Å². The molecule has 3 atom stereocenters. The maximum absolute atomic E-state index is 12.3. The average Bonchev–Trinajstić information content (AvgIpc) is 2.26. The smallest absolute Gasteiger partial charge is 0.410 e. The Kier molecular flexibility index (Phi) is 6.29. The van der Waals surface area contributed by atoms with Crippen molar-refractivity contribution in [1.82, 2.24) is 4.90 Å². The van der Waals surface area contributed by atoms with Gasteiger partial charge >= 0.3 is 6.09 Å². The van der Waals surface area contributed by atoms with Crippen LogP contribution in [0.5, 0.6) is 0 Å². The third-order valence-corrected chi connectivity index (χ3v) is 4.32. The number of hydrogen-bond acceptors (Lipinski definition) is 8. The second-order valence-electron chi connectivity index (χ2n) is 6.90. The van der Waals surface area contributed by atoms with Gasteiger partial charge in [0.05, 0.1) is 19.1 Å². The van der Waals surface area contributed by atoms with Gasteiger partial charge in [-0.1, -0.05) is 0 Å². The van der Waals surface area contributed by atoms with Gasteiger partial charge in [-0.15, -0.1) is 0 Å². The van der Waals surface area contributed by atoms with Gasteiger partial charge in [-0.25, -0.2) is 4.79 Å². The summed E-state index contributed by atoms with van der Waals surface area (Å²) in [6.45, 7) is 6.65. The number of nitrogens with zero attached hydrogens (tertiary/aromatic N) is 1. The lowest BCUT2D eigenvalue weighted by Gasteiger charge is -2.41. The molecular formula is C13H25NO8S2. The highest BCUT2D eigenvalue weighted by Gasteiger charge is 2.41. The zero-order chi connectivity index (χ0) is 18.9. The van der Waals surface area contributed by atoms with E-state index in [2.05, 4.69) is 0 Å². The quantitative estimate of drug-likeness (QED) is 0.647. The standard InChI is InChI=1S/C13H25NO8S2/c1-9-7-10(21-23(5,16)17)11(22-24(6,18)19)8-14(9)12(15)20-13(2,3)4/h9-11H,7-8H2,1-6H3/t9-,10-,11+/m0/s1. The molecule has 0 aromatic rings. The van der Waals surface area contributed by atoms with E-state index >= 15 is 0 Å². The lowest BCUT2D eigenvalue weighted by atomic mass is 9.99. The summed E-state index contributed by atoms with van der Waals surface area (Å²) >= 11 is 0. The van der Waals surface area contributed by atoms with E-state index in [1.54, 1.807) is 27.7 Å². The van der Waals surface area contributed by atoms with Crippen LogP contribution in [0.15, 0.2) is 0 Å². The number of carbonyl (C=O) groups excluding carboxylic acids is 1. The predicted octanol–water partition coefficient (Wildman–Crippen LogP) is 0.705. The van der Waals surface area contributed by atoms with Crippen molar-refractivity contribution in [2.45, 2.75) is 58.0 Å². The summed E-state index contributed by atoms with van der Waals surface area (Å²) in [6, 6.07) is -0.411. The van der Waals surface area contributed by atoms with Crippen LogP contribution in [0.2, 0.25) is 0 Å². The number of ether oxygens (including phenoxy) is 1. The van der Waals surface area contributed by atoms with Crippen molar-refractivity contribution in [1.29, 1.82) is 0 Å². The minimum absolute atomic E-state index is 0.0898. The molecule has 1 amide bonds. The first-order valence-electron chi connectivity index (χ1n) is 7.33. The van der Waals surface area contributed by atoms with E-state index in [9.17, 15) is 21.6 Å². The summed E-state index contributed by atoms with van der Waals surface area (Å²) in [5.41, 5.74) is -0.718. The summed E-state index contributed by atoms with van der Waals surface area (Å²) in [5, 5.41) is 0. The Morgan fingerprint density at radius 1 is 1.00 bits per heavy atom. The summed E-state index contributed by atoms with van der Waals surface area (Å²) in [6.07, 6.45) is -0.973. The Morgan fingerprint density at radius 3 is 1.88 bits per heavy atom. The van der Waals surface area contributed by atoms with E-state index in [0.717, 1.165) is 12.5 Å². The molecule has 24 heavy (non-hydrogen) atoms. The summed E-state index contributed by atoms with van der Waals surface area (Å²) in [4.78, 5) is 13.6. The highest BCUT2D eigenvalue weighted by molar-refractivity contribution is 7.86. The molecule has 0 N–H and O–H groups in total. The van der Waals surface area contributed by atoms with Crippen LogP contribution in [-0.4, -0.2) is 70.7 Å². The van der Waals surface area contributed by atoms with Crippen LogP contribution in [0, 0.1) is 0 Å². The molecule has 0 aromatic carbocycles. The van der Waals surface area contributed by atoms with Gasteiger partial charge in [0.2, 0.25) is 0 Å². The van der Waals surface area contributed by atoms with Crippen LogP contribution < -0.4 is 0 Å². The molecule has 1 heterocycles. The Morgan fingerprint density at radius 2 is 1.46 bits per heavy atom. The van der Waals surface area contributed by atoms with Crippen LogP contribution in [0.1, 0.15) is 34.1 Å². The van der Waals surface area contributed by atoms with Gasteiger partial charge in [-0.05, 0) is 34.1 Å². The lowest BCUT2D eigenvalue weighted by molar-refractivity contribution is -0.0411. The molecule has 142 valence electrons. The molecule has 9 nitrogen and oxygen atoms in total. The Balaban J connectivity index is 3.01. The monoisotopic (exact) mass is 387 g/mol. The van der Waals surface area contributed by atoms with Crippen LogP contribution in [0.25, 0.3) is 0 Å². The van der Waals surface area contributed by atoms with Gasteiger partial charge in [0.25, 0.3) is 20.2 Å². The largest absolute Gasteiger partial charge is 0.444 e. The zero-order valence-electron chi connectivity index (χ0n) is 14.7. The van der Waals surface area contributed by atoms with E-state index in [1.807, 2.05) is 0 Å². The molecule has 0 bridgehead atoms. The molecule has 1 rings (SSSR count). The highest BCUT2D eigenvalue weighted by atomic mass is 32.2. The molecule has 1 aliphatic heterocycles. The number of carbonyl (C=O) groups is 1. The zero-order valence-corrected chi connectivity index (χ0v) is 16.3. The van der Waals surface area contributed by atoms with Crippen molar-refractivity contribution in [2.24, 2.45) is 0 Å². The van der Waals surface area contributed by atoms with Crippen LogP contribution in [0.4, 0.5) is 4.79 Å². The molecule has 1 saturated heterocycles. The summed E-state index contributed by atoms with van der Waals surface area (Å²) < 4.78 is 60.8. The van der Waals surface area contributed by atoms with Crippen molar-refractivity contribution in [2.75, 3.05) is 19.1 Å². The second kappa shape index (κ2) is 7.14. The summed E-state index contributed by atoms with van der Waals surface area (Å²) in [5.74, 6) is 0. The van der Waals surface area contributed by atoms with E-state index < -0.39 is 50.2 Å². The Labute approximate surface area is 143 Å². The number of likely N-dealkylation sites (tertiary alicyclic amines) is 1. The van der Waals surface area contributed by atoms with Gasteiger partial charge in [0, 0.05) is 6.04 Å². The van der Waals surface area contributed by atoms with Crippen LogP contribution in [-0.2, 0) is 33.3 Å². The number of hydrogen-bond donors (Lipinski definition) is 0. The Hall–Kier alpha value is -0.910. The first-order chi connectivity index (χ1) is 10.6. The molecular weight excluding hydrogens is 362 g/mol. The highest BCUT2D eigenvalue weighted by Crippen LogP contribution is 2.26. The molecule has 0 unspecified atom stereocenters. The van der Waals surface area contributed by atoms with Crippen molar-refractivity contribution in [3.05, 3.63) is 0 Å². The van der Waals surface area contributed by atoms with E-state index in [-0.39, 0.29) is 13.0 Å². The molecule has 0 aromatic heterocycles. The third-order valence-electron chi connectivity index (χ3n) is 3.12. The van der Waals surface area contributed by atoms with Crippen molar-refractivity contribution in [3.8, 4) is 0 Å². The van der Waals surface area contributed by atoms with Crippen molar-refractivity contribution < 1.29 is 34.7 Å². The normalized spacial score (nSPS) is 26.2. The molecule has 1 aliphatic rings. The topological polar surface area (TPSA) is 116 Å². The van der Waals surface area contributed by atoms with E-state index in [4.69, 9.17) is 13.1 Å². The minimum atomic E-state index is -3.87. The fraction of sp³-hybridized carbons (Fsp3) is 0.923. The van der Waals surface area contributed by atoms with Gasteiger partial charge < -0.3 is 9.64 Å². The fourth-order valence-electron chi connectivity index (χ4n) is 2.32. The average molecular weight is 387 g/mol. The Bertz CT molecular complexity index is 665. The van der Waals surface area contributed by atoms with Gasteiger partial charge in [-0.3, -0.25) is 8.37 Å². The lowest BCUT2D eigenvalue weighted by Crippen LogP contribution is -2.56. The van der Waals surface area contributed by atoms with Gasteiger partial charge in [0.15, 0.2) is 0 Å². The fourth-order valence-corrected chi connectivity index (χ4v) is 3.61. The SMILES string of the molecule is C[C@H]1C[C@H](OS(C)(=O)=O)[C@H](OS(C)(=O)=O)CN1C(=O)OC(C)(C)C. The molecule has 0 radical (unpaired) electrons. The maximum Gasteiger partial charge on any atom is 0.410 e. The first-order valence-corrected chi connectivity index (χ1v) is 11.0. The molecule has 0 aliphatic carbocycles. The van der Waals surface area contributed by atoms with Crippen LogP contribution in [0.3, 0.4) is 0 Å². The summed E-state index contributed by atoms with van der Waals surface area (Å²) in [7, 11) is -7.68. The predicted molar refractivity (Wildman–Crippen MR) is 86.5 cm³/mol. The molecule has 0 saturated carbocycles. The first kappa shape index (κ1) is 21.1. The van der Waals surface area contributed by atoms with Crippen molar-refractivity contribution >= 4 is 26.3 Å². The van der Waals surface area contributed by atoms with Crippen LogP contribution >= 0.6 is 0 Å². The molecule has 11 heteroatoms. The van der Waals surface area contributed by atoms with E-state index in [0.29, 0.717) is 0 Å². The molecule has 1 fully saturated rings. The molecule has 0 spiro atoms. The van der Waals surface area contributed by atoms with E-state index in [1.165, 1.54) is 4.90 Å². The number of rotatable bonds is 4. The van der Waals surface area contributed by atoms with Gasteiger partial charge in [0.1, 0.15) is 17.8 Å². The van der Waals surface area contributed by atoms with Gasteiger partial charge in [-0.2, -0.15) is 16.8 Å². The second-order valence-corrected chi connectivity index (χ2v) is 10.1. The number of amides is 1. The maximum atomic E-state index is 12.3. The third kappa shape index (κ3) is 7.32. The minimum Gasteiger partial charge on any atom is -0.444 e.